The first-order valence-electron chi connectivity index (χ1n) is 6.22. The molecule has 1 rings (SSSR count). The molecule has 0 aromatic carbocycles. The minimum Gasteiger partial charge on any atom is -0.356 e. The van der Waals surface area contributed by atoms with Crippen molar-refractivity contribution in [2.45, 2.75) is 58.3 Å². The summed E-state index contributed by atoms with van der Waals surface area (Å²) in [6, 6.07) is -1.53. The van der Waals surface area contributed by atoms with Crippen LogP contribution in [0.2, 0.25) is 0 Å². The Hall–Kier alpha value is -0.780. The Labute approximate surface area is 106 Å². The average Bonchev–Trinajstić information content (AvgIpc) is 2.96. The molecule has 2 N–H and O–H groups in total. The predicted molar refractivity (Wildman–Crippen MR) is 63.1 cm³/mol. The third-order valence-corrected chi connectivity index (χ3v) is 2.81. The van der Waals surface area contributed by atoms with E-state index in [-0.39, 0.29) is 24.9 Å². The Bertz CT molecular complexity index is 293. The van der Waals surface area contributed by atoms with Gasteiger partial charge in [0.05, 0.1) is 0 Å². The molecule has 0 aromatic heterocycles. The van der Waals surface area contributed by atoms with Gasteiger partial charge in [0.2, 0.25) is 5.91 Å². The van der Waals surface area contributed by atoms with Crippen molar-refractivity contribution in [3.8, 4) is 0 Å². The minimum atomic E-state index is -4.25. The molecule has 1 atom stereocenters. The van der Waals surface area contributed by atoms with Gasteiger partial charge in [-0.25, -0.2) is 0 Å². The highest BCUT2D eigenvalue weighted by Crippen LogP contribution is 2.27. The van der Waals surface area contributed by atoms with Crippen molar-refractivity contribution in [2.75, 3.05) is 6.54 Å². The summed E-state index contributed by atoms with van der Waals surface area (Å²) in [7, 11) is 0. The Morgan fingerprint density at radius 1 is 1.28 bits per heavy atom. The summed E-state index contributed by atoms with van der Waals surface area (Å²) in [6.45, 7) is 5.23. The molecule has 0 bridgehead atoms. The molecule has 1 aliphatic rings. The second-order valence-corrected chi connectivity index (χ2v) is 5.83. The van der Waals surface area contributed by atoms with E-state index in [0.29, 0.717) is 0 Å². The molecule has 1 fully saturated rings. The molecule has 0 aliphatic heterocycles. The van der Waals surface area contributed by atoms with Gasteiger partial charge in [-0.3, -0.25) is 4.79 Å². The molecule has 3 nitrogen and oxygen atoms in total. The largest absolute Gasteiger partial charge is 0.403 e. The van der Waals surface area contributed by atoms with Crippen molar-refractivity contribution in [3.63, 3.8) is 0 Å². The van der Waals surface area contributed by atoms with Crippen LogP contribution in [0.5, 0.6) is 0 Å². The van der Waals surface area contributed by atoms with Gasteiger partial charge in [0.25, 0.3) is 0 Å². The monoisotopic (exact) mass is 266 g/mol. The Morgan fingerprint density at radius 2 is 1.83 bits per heavy atom. The second-order valence-electron chi connectivity index (χ2n) is 5.83. The summed E-state index contributed by atoms with van der Waals surface area (Å²) in [5.74, 6) is -0.227. The lowest BCUT2D eigenvalue weighted by atomic mass is 9.95. The van der Waals surface area contributed by atoms with Crippen molar-refractivity contribution in [3.05, 3.63) is 0 Å². The molecule has 106 valence electrons. The van der Waals surface area contributed by atoms with Crippen LogP contribution < -0.4 is 10.6 Å². The number of nitrogens with one attached hydrogen (secondary N) is 2. The molecule has 1 saturated carbocycles. The van der Waals surface area contributed by atoms with Crippen LogP contribution in [0.25, 0.3) is 0 Å². The summed E-state index contributed by atoms with van der Waals surface area (Å²) >= 11 is 0. The highest BCUT2D eigenvalue weighted by molar-refractivity contribution is 5.81. The molecule has 1 unspecified atom stereocenters. The normalized spacial score (nSPS) is 18.6. The molecular weight excluding hydrogens is 245 g/mol. The van der Waals surface area contributed by atoms with Gasteiger partial charge in [-0.1, -0.05) is 20.8 Å². The van der Waals surface area contributed by atoms with Crippen LogP contribution in [-0.4, -0.2) is 30.7 Å². The summed E-state index contributed by atoms with van der Waals surface area (Å²) in [5, 5.41) is 5.11. The van der Waals surface area contributed by atoms with Crippen molar-refractivity contribution in [1.82, 2.24) is 10.6 Å². The molecule has 0 heterocycles. The lowest BCUT2D eigenvalue weighted by Crippen LogP contribution is -2.46. The minimum absolute atomic E-state index is 0.00468. The van der Waals surface area contributed by atoms with E-state index in [0.717, 1.165) is 12.8 Å². The standard InChI is InChI=1S/C12H21F3N2O/c1-11(2,3)10(18)16-7-6-9(12(13,14)15)17-8-4-5-8/h8-9,17H,4-7H2,1-3H3,(H,16,18). The number of carbonyl (C=O) groups excluding carboxylic acids is 1. The number of carbonyl (C=O) groups is 1. The van der Waals surface area contributed by atoms with Gasteiger partial charge in [0.15, 0.2) is 0 Å². The van der Waals surface area contributed by atoms with E-state index in [9.17, 15) is 18.0 Å². The van der Waals surface area contributed by atoms with E-state index in [1.807, 2.05) is 0 Å². The van der Waals surface area contributed by atoms with Crippen molar-refractivity contribution in [1.29, 1.82) is 0 Å². The predicted octanol–water partition coefficient (Wildman–Crippen LogP) is 2.22. The van der Waals surface area contributed by atoms with E-state index < -0.39 is 17.6 Å². The van der Waals surface area contributed by atoms with Crippen LogP contribution in [0.15, 0.2) is 0 Å². The molecule has 1 amide bonds. The second kappa shape index (κ2) is 5.47. The Balaban J connectivity index is 2.35. The van der Waals surface area contributed by atoms with Gasteiger partial charge < -0.3 is 10.6 Å². The number of alkyl halides is 3. The van der Waals surface area contributed by atoms with E-state index >= 15 is 0 Å². The SMILES string of the molecule is CC(C)(C)C(=O)NCCC(NC1CC1)C(F)(F)F. The maximum Gasteiger partial charge on any atom is 0.403 e. The number of hydrogen-bond acceptors (Lipinski definition) is 2. The molecule has 0 aromatic rings. The molecule has 18 heavy (non-hydrogen) atoms. The lowest BCUT2D eigenvalue weighted by molar-refractivity contribution is -0.158. The van der Waals surface area contributed by atoms with Crippen LogP contribution in [0, 0.1) is 5.41 Å². The van der Waals surface area contributed by atoms with Crippen molar-refractivity contribution in [2.24, 2.45) is 5.41 Å². The summed E-state index contributed by atoms with van der Waals surface area (Å²) in [5.41, 5.74) is -0.572. The van der Waals surface area contributed by atoms with Gasteiger partial charge in [-0.2, -0.15) is 13.2 Å². The summed E-state index contributed by atoms with van der Waals surface area (Å²) < 4.78 is 38.1. The van der Waals surface area contributed by atoms with Gasteiger partial charge in [-0.15, -0.1) is 0 Å². The van der Waals surface area contributed by atoms with E-state index in [4.69, 9.17) is 0 Å². The molecule has 6 heteroatoms. The Kier molecular flexibility index (Phi) is 4.64. The molecule has 0 spiro atoms. The van der Waals surface area contributed by atoms with Crippen molar-refractivity contribution >= 4 is 5.91 Å². The van der Waals surface area contributed by atoms with Gasteiger partial charge in [0.1, 0.15) is 6.04 Å². The van der Waals surface area contributed by atoms with Gasteiger partial charge in [0, 0.05) is 18.0 Å². The zero-order valence-corrected chi connectivity index (χ0v) is 11.0. The maximum atomic E-state index is 12.7. The quantitative estimate of drug-likeness (QED) is 0.801. The highest BCUT2D eigenvalue weighted by atomic mass is 19.4. The Morgan fingerprint density at radius 3 is 2.22 bits per heavy atom. The molecule has 0 radical (unpaired) electrons. The fraction of sp³-hybridized carbons (Fsp3) is 0.917. The molecule has 1 aliphatic carbocycles. The van der Waals surface area contributed by atoms with Crippen molar-refractivity contribution < 1.29 is 18.0 Å². The number of hydrogen-bond donors (Lipinski definition) is 2. The first kappa shape index (κ1) is 15.3. The third-order valence-electron chi connectivity index (χ3n) is 2.81. The van der Waals surface area contributed by atoms with Crippen LogP contribution in [-0.2, 0) is 4.79 Å². The number of halogens is 3. The molecule has 0 saturated heterocycles. The first-order valence-corrected chi connectivity index (χ1v) is 6.22. The molecular formula is C12H21F3N2O. The van der Waals surface area contributed by atoms with Crippen LogP contribution in [0.3, 0.4) is 0 Å². The van der Waals surface area contributed by atoms with Crippen LogP contribution in [0.1, 0.15) is 40.0 Å². The first-order chi connectivity index (χ1) is 8.10. The summed E-state index contributed by atoms with van der Waals surface area (Å²) in [6.07, 6.45) is -2.77. The van der Waals surface area contributed by atoms with Gasteiger partial charge in [-0.05, 0) is 19.3 Å². The summed E-state index contributed by atoms with van der Waals surface area (Å²) in [4.78, 5) is 11.5. The smallest absolute Gasteiger partial charge is 0.356 e. The fourth-order valence-electron chi connectivity index (χ4n) is 1.47. The third kappa shape index (κ3) is 5.25. The number of amides is 1. The highest BCUT2D eigenvalue weighted by Gasteiger charge is 2.42. The lowest BCUT2D eigenvalue weighted by Gasteiger charge is -2.23. The van der Waals surface area contributed by atoms with Crippen LogP contribution in [0.4, 0.5) is 13.2 Å². The fourth-order valence-corrected chi connectivity index (χ4v) is 1.47. The van der Waals surface area contributed by atoms with E-state index in [2.05, 4.69) is 10.6 Å². The number of rotatable bonds is 5. The van der Waals surface area contributed by atoms with Crippen LogP contribution >= 0.6 is 0 Å². The maximum absolute atomic E-state index is 12.7. The average molecular weight is 266 g/mol. The zero-order valence-electron chi connectivity index (χ0n) is 11.0. The van der Waals surface area contributed by atoms with E-state index in [1.165, 1.54) is 0 Å². The topological polar surface area (TPSA) is 41.1 Å². The van der Waals surface area contributed by atoms with E-state index in [1.54, 1.807) is 20.8 Å². The zero-order chi connectivity index (χ0) is 14.0. The van der Waals surface area contributed by atoms with Gasteiger partial charge >= 0.3 is 6.18 Å².